The molecule has 1 heterocycles. The van der Waals surface area contributed by atoms with Gasteiger partial charge in [-0.15, -0.1) is 0 Å². The van der Waals surface area contributed by atoms with Crippen LogP contribution in [0.25, 0.3) is 0 Å². The average molecular weight is 263 g/mol. The van der Waals surface area contributed by atoms with Crippen molar-refractivity contribution < 1.29 is 14.5 Å². The molecule has 0 fully saturated rings. The summed E-state index contributed by atoms with van der Waals surface area (Å²) in [6.45, 7) is 0. The summed E-state index contributed by atoms with van der Waals surface area (Å²) >= 11 is 6.62. The van der Waals surface area contributed by atoms with Crippen molar-refractivity contribution in [2.75, 3.05) is 12.9 Å². The fourth-order valence-corrected chi connectivity index (χ4v) is 1.83. The first-order valence-corrected chi connectivity index (χ1v) is 5.41. The number of rotatable bonds is 4. The predicted octanol–water partition coefficient (Wildman–Crippen LogP) is 1.91. The lowest BCUT2D eigenvalue weighted by molar-refractivity contribution is -0.385. The minimum absolute atomic E-state index is 0.0153. The Morgan fingerprint density at radius 3 is 2.94 bits per heavy atom. The van der Waals surface area contributed by atoms with E-state index in [1.165, 1.54) is 13.2 Å². The minimum Gasteiger partial charge on any atom is -0.468 e. The van der Waals surface area contributed by atoms with E-state index in [4.69, 9.17) is 11.6 Å². The van der Waals surface area contributed by atoms with Gasteiger partial charge in [-0.25, -0.2) is 4.98 Å². The number of esters is 1. The van der Waals surface area contributed by atoms with Crippen LogP contribution in [0.2, 0.25) is 5.15 Å². The van der Waals surface area contributed by atoms with Crippen LogP contribution < -0.4 is 0 Å². The second-order valence-electron chi connectivity index (χ2n) is 2.61. The Hall–Kier alpha value is -1.34. The third-order valence-corrected chi connectivity index (χ3v) is 2.61. The number of hydrogen-bond acceptors (Lipinski definition) is 6. The zero-order valence-corrected chi connectivity index (χ0v) is 9.75. The van der Waals surface area contributed by atoms with Crippen LogP contribution in [0.5, 0.6) is 0 Å². The summed E-state index contributed by atoms with van der Waals surface area (Å²) in [5.74, 6) is -0.407. The number of carbonyl (C=O) groups is 1. The molecule has 0 aliphatic carbocycles. The Morgan fingerprint density at radius 2 is 2.38 bits per heavy atom. The second kappa shape index (κ2) is 5.66. The van der Waals surface area contributed by atoms with Gasteiger partial charge < -0.3 is 4.74 Å². The van der Waals surface area contributed by atoms with Crippen LogP contribution in [-0.2, 0) is 9.53 Å². The molecule has 0 saturated heterocycles. The van der Waals surface area contributed by atoms with Crippen LogP contribution in [0.15, 0.2) is 17.2 Å². The molecule has 6 nitrogen and oxygen atoms in total. The molecule has 0 bridgehead atoms. The lowest BCUT2D eigenvalue weighted by Crippen LogP contribution is -2.03. The molecule has 0 atom stereocenters. The van der Waals surface area contributed by atoms with Gasteiger partial charge >= 0.3 is 5.97 Å². The van der Waals surface area contributed by atoms with Crippen LogP contribution in [0.3, 0.4) is 0 Å². The number of ether oxygens (including phenoxy) is 1. The van der Waals surface area contributed by atoms with E-state index in [9.17, 15) is 14.9 Å². The highest BCUT2D eigenvalue weighted by atomic mass is 35.5. The molecule has 0 amide bonds. The van der Waals surface area contributed by atoms with Gasteiger partial charge in [0.05, 0.1) is 23.9 Å². The minimum atomic E-state index is -0.574. The number of carbonyl (C=O) groups excluding carboxylic acids is 1. The molecule has 0 N–H and O–H groups in total. The molecular formula is C8H7ClN2O4S. The van der Waals surface area contributed by atoms with Crippen molar-refractivity contribution in [1.29, 1.82) is 0 Å². The van der Waals surface area contributed by atoms with Crippen molar-refractivity contribution in [3.05, 3.63) is 27.4 Å². The van der Waals surface area contributed by atoms with E-state index >= 15 is 0 Å². The molecule has 1 rings (SSSR count). The van der Waals surface area contributed by atoms with E-state index in [2.05, 4.69) is 9.72 Å². The number of hydrogen-bond donors (Lipinski definition) is 0. The molecule has 0 aliphatic heterocycles. The molecule has 0 saturated carbocycles. The number of thioether (sulfide) groups is 1. The van der Waals surface area contributed by atoms with E-state index in [1.807, 2.05) is 0 Å². The van der Waals surface area contributed by atoms with Crippen molar-refractivity contribution in [2.45, 2.75) is 5.03 Å². The molecule has 1 aromatic heterocycles. The summed E-state index contributed by atoms with van der Waals surface area (Å²) in [6.07, 6.45) is 0. The first-order chi connectivity index (χ1) is 7.52. The average Bonchev–Trinajstić information content (AvgIpc) is 2.25. The van der Waals surface area contributed by atoms with Crippen LogP contribution >= 0.6 is 23.4 Å². The largest absolute Gasteiger partial charge is 0.468 e. The lowest BCUT2D eigenvalue weighted by atomic mass is 10.4. The highest BCUT2D eigenvalue weighted by Gasteiger charge is 2.11. The summed E-state index contributed by atoms with van der Waals surface area (Å²) in [7, 11) is 1.26. The van der Waals surface area contributed by atoms with E-state index in [1.54, 1.807) is 0 Å². The van der Waals surface area contributed by atoms with Gasteiger partial charge in [-0.2, -0.15) is 0 Å². The van der Waals surface area contributed by atoms with Crippen LogP contribution in [0, 0.1) is 10.1 Å². The van der Waals surface area contributed by atoms with Crippen molar-refractivity contribution in [3.63, 3.8) is 0 Å². The molecular weight excluding hydrogens is 256 g/mol. The Morgan fingerprint density at radius 1 is 1.69 bits per heavy atom. The number of nitro groups is 1. The van der Waals surface area contributed by atoms with Crippen molar-refractivity contribution in [3.8, 4) is 0 Å². The topological polar surface area (TPSA) is 82.3 Å². The maximum Gasteiger partial charge on any atom is 0.316 e. The maximum absolute atomic E-state index is 10.9. The number of nitrogens with zero attached hydrogens (tertiary/aromatic N) is 2. The number of pyridine rings is 1. The van der Waals surface area contributed by atoms with Crippen molar-refractivity contribution >= 4 is 35.0 Å². The second-order valence-corrected chi connectivity index (χ2v) is 3.99. The normalized spacial score (nSPS) is 9.88. The van der Waals surface area contributed by atoms with Crippen molar-refractivity contribution in [2.24, 2.45) is 0 Å². The fourth-order valence-electron chi connectivity index (χ4n) is 0.831. The van der Waals surface area contributed by atoms with Gasteiger partial charge in [0.15, 0.2) is 0 Å². The van der Waals surface area contributed by atoms with E-state index in [0.717, 1.165) is 17.8 Å². The van der Waals surface area contributed by atoms with Crippen LogP contribution in [0.4, 0.5) is 5.69 Å². The summed E-state index contributed by atoms with van der Waals surface area (Å²) in [5.41, 5.74) is -0.160. The standard InChI is InChI=1S/C8H7ClN2O4S/c1-15-8(12)4-16-7-3-5(11(13)14)2-6(9)10-7/h2-3H,4H2,1H3. The zero-order valence-electron chi connectivity index (χ0n) is 8.18. The van der Waals surface area contributed by atoms with Crippen LogP contribution in [0.1, 0.15) is 0 Å². The van der Waals surface area contributed by atoms with Gasteiger partial charge in [0, 0.05) is 6.07 Å². The van der Waals surface area contributed by atoms with E-state index in [-0.39, 0.29) is 16.6 Å². The number of methoxy groups -OCH3 is 1. The third kappa shape index (κ3) is 3.67. The van der Waals surface area contributed by atoms with Crippen molar-refractivity contribution in [1.82, 2.24) is 4.98 Å². The summed E-state index contributed by atoms with van der Waals surface area (Å²) in [4.78, 5) is 24.6. The van der Waals surface area contributed by atoms with Crippen LogP contribution in [-0.4, -0.2) is 28.7 Å². The number of halogens is 1. The molecule has 0 unspecified atom stereocenters. The Bertz CT molecular complexity index is 426. The summed E-state index contributed by atoms with van der Waals surface area (Å²) in [6, 6.07) is 2.39. The number of aromatic nitrogens is 1. The molecule has 8 heteroatoms. The van der Waals surface area contributed by atoms with E-state index in [0.29, 0.717) is 5.03 Å². The third-order valence-electron chi connectivity index (χ3n) is 1.53. The summed E-state index contributed by atoms with van der Waals surface area (Å²) in [5, 5.41) is 10.8. The Kier molecular flexibility index (Phi) is 4.51. The molecule has 0 spiro atoms. The molecule has 0 aromatic carbocycles. The molecule has 0 radical (unpaired) electrons. The first kappa shape index (κ1) is 12.7. The van der Waals surface area contributed by atoms with Gasteiger partial charge in [-0.3, -0.25) is 14.9 Å². The molecule has 86 valence electrons. The molecule has 1 aromatic rings. The molecule has 16 heavy (non-hydrogen) atoms. The van der Waals surface area contributed by atoms with Gasteiger partial charge in [0.1, 0.15) is 10.2 Å². The predicted molar refractivity (Wildman–Crippen MR) is 58.6 cm³/mol. The highest BCUT2D eigenvalue weighted by Crippen LogP contribution is 2.24. The highest BCUT2D eigenvalue weighted by molar-refractivity contribution is 7.99. The Labute approximate surface area is 100 Å². The molecule has 0 aliphatic rings. The van der Waals surface area contributed by atoms with Gasteiger partial charge in [-0.1, -0.05) is 23.4 Å². The van der Waals surface area contributed by atoms with Gasteiger partial charge in [0.25, 0.3) is 5.69 Å². The van der Waals surface area contributed by atoms with Gasteiger partial charge in [-0.05, 0) is 0 Å². The Balaban J connectivity index is 2.80. The monoisotopic (exact) mass is 262 g/mol. The zero-order chi connectivity index (χ0) is 12.1. The van der Waals surface area contributed by atoms with Gasteiger partial charge in [0.2, 0.25) is 0 Å². The smallest absolute Gasteiger partial charge is 0.316 e. The summed E-state index contributed by atoms with van der Waals surface area (Å²) < 4.78 is 4.43. The maximum atomic E-state index is 10.9. The quantitative estimate of drug-likeness (QED) is 0.271. The van der Waals surface area contributed by atoms with E-state index < -0.39 is 10.9 Å². The SMILES string of the molecule is COC(=O)CSc1cc([N+](=O)[O-])cc(Cl)n1. The lowest BCUT2D eigenvalue weighted by Gasteiger charge is -2.00. The first-order valence-electron chi connectivity index (χ1n) is 4.04. The fraction of sp³-hybridized carbons (Fsp3) is 0.250.